The van der Waals surface area contributed by atoms with E-state index in [1.807, 2.05) is 24.3 Å². The Hall–Kier alpha value is -1.84. The van der Waals surface area contributed by atoms with Crippen LogP contribution in [0.4, 0.5) is 0 Å². The quantitative estimate of drug-likeness (QED) is 0.853. The number of carbonyl (C=O) groups is 2. The normalized spacial score (nSPS) is 36.3. The fourth-order valence-electron chi connectivity index (χ4n) is 4.97. The molecule has 3 rings (SSSR count). The summed E-state index contributed by atoms with van der Waals surface area (Å²) in [7, 11) is 1.38. The van der Waals surface area contributed by atoms with Gasteiger partial charge in [0.25, 0.3) is 0 Å². The smallest absolute Gasteiger partial charge is 0.313 e. The summed E-state index contributed by atoms with van der Waals surface area (Å²) in [4.78, 5) is 24.5. The highest BCUT2D eigenvalue weighted by Crippen LogP contribution is 2.63. The molecule has 1 saturated carbocycles. The van der Waals surface area contributed by atoms with Gasteiger partial charge in [-0.05, 0) is 36.3 Å². The summed E-state index contributed by atoms with van der Waals surface area (Å²) in [6.07, 6.45) is 2.37. The van der Waals surface area contributed by atoms with E-state index in [9.17, 15) is 14.7 Å². The van der Waals surface area contributed by atoms with Crippen LogP contribution < -0.4 is 0 Å². The van der Waals surface area contributed by atoms with Crippen molar-refractivity contribution in [3.8, 4) is 0 Å². The van der Waals surface area contributed by atoms with E-state index in [2.05, 4.69) is 6.92 Å². The van der Waals surface area contributed by atoms with Gasteiger partial charge >= 0.3 is 11.9 Å². The van der Waals surface area contributed by atoms with Gasteiger partial charge in [-0.1, -0.05) is 37.6 Å². The third-order valence-electron chi connectivity index (χ3n) is 5.95. The first-order valence-electron chi connectivity index (χ1n) is 7.77. The number of carboxylic acid groups (broad SMARTS) is 1. The molecule has 1 fully saturated rings. The van der Waals surface area contributed by atoms with Gasteiger partial charge in [-0.3, -0.25) is 9.59 Å². The third kappa shape index (κ3) is 1.76. The van der Waals surface area contributed by atoms with Crippen molar-refractivity contribution in [2.75, 3.05) is 7.11 Å². The molecule has 1 N–H and O–H groups in total. The van der Waals surface area contributed by atoms with Gasteiger partial charge in [0.05, 0.1) is 18.4 Å². The first kappa shape index (κ1) is 15.1. The minimum atomic E-state index is -0.912. The Kier molecular flexibility index (Phi) is 3.31. The molecule has 0 radical (unpaired) electrons. The van der Waals surface area contributed by atoms with E-state index < -0.39 is 17.3 Å². The molecule has 1 aromatic rings. The van der Waals surface area contributed by atoms with Crippen LogP contribution in [0.15, 0.2) is 24.3 Å². The summed E-state index contributed by atoms with van der Waals surface area (Å²) >= 11 is 0. The Morgan fingerprint density at radius 3 is 2.55 bits per heavy atom. The topological polar surface area (TPSA) is 63.6 Å². The van der Waals surface area contributed by atoms with E-state index in [0.29, 0.717) is 6.42 Å². The van der Waals surface area contributed by atoms with Gasteiger partial charge in [0.15, 0.2) is 0 Å². The van der Waals surface area contributed by atoms with Gasteiger partial charge in [-0.2, -0.15) is 0 Å². The Balaban J connectivity index is 2.24. The Bertz CT molecular complexity index is 638. The zero-order chi connectivity index (χ0) is 16.1. The van der Waals surface area contributed by atoms with Crippen LogP contribution in [0, 0.1) is 11.3 Å². The maximum absolute atomic E-state index is 12.5. The molecule has 0 aromatic heterocycles. The number of hydrogen-bond donors (Lipinski definition) is 1. The van der Waals surface area contributed by atoms with Crippen LogP contribution in [0.25, 0.3) is 0 Å². The summed E-state index contributed by atoms with van der Waals surface area (Å²) in [5, 5.41) is 9.86. The lowest BCUT2D eigenvalue weighted by atomic mass is 9.54. The zero-order valence-corrected chi connectivity index (χ0v) is 13.3. The molecule has 0 bridgehead atoms. The highest BCUT2D eigenvalue weighted by Gasteiger charge is 2.63. The van der Waals surface area contributed by atoms with Gasteiger partial charge in [-0.25, -0.2) is 0 Å². The van der Waals surface area contributed by atoms with Crippen LogP contribution in [0.2, 0.25) is 0 Å². The van der Waals surface area contributed by atoms with E-state index in [4.69, 9.17) is 4.74 Å². The molecule has 4 nitrogen and oxygen atoms in total. The van der Waals surface area contributed by atoms with Gasteiger partial charge in [0.2, 0.25) is 0 Å². The molecule has 0 saturated heterocycles. The van der Waals surface area contributed by atoms with Crippen LogP contribution in [0.1, 0.15) is 50.2 Å². The highest BCUT2D eigenvalue weighted by molar-refractivity contribution is 5.85. The van der Waals surface area contributed by atoms with Crippen molar-refractivity contribution in [3.05, 3.63) is 35.4 Å². The Morgan fingerprint density at radius 2 is 1.91 bits per heavy atom. The number of hydrogen-bond acceptors (Lipinski definition) is 3. The molecule has 0 unspecified atom stereocenters. The lowest BCUT2D eigenvalue weighted by Crippen LogP contribution is -2.50. The van der Waals surface area contributed by atoms with Crippen LogP contribution in [-0.2, 0) is 19.7 Å². The predicted molar refractivity (Wildman–Crippen MR) is 81.6 cm³/mol. The molecule has 1 aromatic carbocycles. The van der Waals surface area contributed by atoms with Crippen molar-refractivity contribution in [1.29, 1.82) is 0 Å². The summed E-state index contributed by atoms with van der Waals surface area (Å²) in [5.74, 6) is -1.90. The molecule has 22 heavy (non-hydrogen) atoms. The molecule has 4 atom stereocenters. The number of esters is 1. The molecule has 4 heteroatoms. The summed E-state index contributed by atoms with van der Waals surface area (Å²) in [5.41, 5.74) is 0.852. The number of benzene rings is 1. The highest BCUT2D eigenvalue weighted by atomic mass is 16.5. The fourth-order valence-corrected chi connectivity index (χ4v) is 4.97. The average molecular weight is 302 g/mol. The monoisotopic (exact) mass is 302 g/mol. The van der Waals surface area contributed by atoms with Crippen molar-refractivity contribution in [2.24, 2.45) is 11.3 Å². The van der Waals surface area contributed by atoms with Gasteiger partial charge in [-0.15, -0.1) is 0 Å². The average Bonchev–Trinajstić information content (AvgIpc) is 2.77. The maximum atomic E-state index is 12.5. The van der Waals surface area contributed by atoms with E-state index in [1.54, 1.807) is 6.92 Å². The van der Waals surface area contributed by atoms with E-state index in [-0.39, 0.29) is 17.3 Å². The minimum Gasteiger partial charge on any atom is -0.481 e. The number of aliphatic carboxylic acids is 1. The first-order chi connectivity index (χ1) is 10.4. The summed E-state index contributed by atoms with van der Waals surface area (Å²) < 4.78 is 5.03. The van der Waals surface area contributed by atoms with Crippen molar-refractivity contribution >= 4 is 11.9 Å². The summed E-state index contributed by atoms with van der Waals surface area (Å²) in [6.45, 7) is 3.90. The molecular formula is C18H22O4. The molecule has 2 aliphatic carbocycles. The van der Waals surface area contributed by atoms with Gasteiger partial charge in [0, 0.05) is 5.92 Å². The van der Waals surface area contributed by atoms with Gasteiger partial charge < -0.3 is 9.84 Å². The number of fused-ring (bicyclic) bond motifs is 3. The minimum absolute atomic E-state index is 0.268. The van der Waals surface area contributed by atoms with Crippen LogP contribution in [0.5, 0.6) is 0 Å². The lowest BCUT2D eigenvalue weighted by Gasteiger charge is -2.48. The maximum Gasteiger partial charge on any atom is 0.313 e. The number of carbonyl (C=O) groups excluding carboxylic acids is 1. The predicted octanol–water partition coefficient (Wildman–Crippen LogP) is 3.11. The second-order valence-electron chi connectivity index (χ2n) is 7.06. The number of rotatable bonds is 2. The second-order valence-corrected chi connectivity index (χ2v) is 7.06. The Morgan fingerprint density at radius 1 is 1.23 bits per heavy atom. The number of carboxylic acids is 1. The molecule has 0 heterocycles. The SMILES string of the molecule is COC(=O)[C@H]1c2ccccc2[C@]2(C)CCC[C@@](C)(C(=O)O)[C@@H]12. The van der Waals surface area contributed by atoms with Crippen molar-refractivity contribution in [2.45, 2.75) is 44.4 Å². The van der Waals surface area contributed by atoms with Crippen LogP contribution in [0.3, 0.4) is 0 Å². The van der Waals surface area contributed by atoms with Crippen LogP contribution >= 0.6 is 0 Å². The first-order valence-corrected chi connectivity index (χ1v) is 7.77. The van der Waals surface area contributed by atoms with Crippen molar-refractivity contribution in [3.63, 3.8) is 0 Å². The fraction of sp³-hybridized carbons (Fsp3) is 0.556. The Labute approximate surface area is 130 Å². The number of ether oxygens (including phenoxy) is 1. The molecule has 0 amide bonds. The molecular weight excluding hydrogens is 280 g/mol. The van der Waals surface area contributed by atoms with Crippen LogP contribution in [-0.4, -0.2) is 24.2 Å². The van der Waals surface area contributed by atoms with Gasteiger partial charge in [0.1, 0.15) is 0 Å². The van der Waals surface area contributed by atoms with Crippen molar-refractivity contribution < 1.29 is 19.4 Å². The molecule has 2 aliphatic rings. The van der Waals surface area contributed by atoms with Crippen molar-refractivity contribution in [1.82, 2.24) is 0 Å². The largest absolute Gasteiger partial charge is 0.481 e. The molecule has 118 valence electrons. The lowest BCUT2D eigenvalue weighted by molar-refractivity contribution is -0.160. The summed E-state index contributed by atoms with van der Waals surface area (Å²) in [6, 6.07) is 7.86. The zero-order valence-electron chi connectivity index (χ0n) is 13.3. The second kappa shape index (κ2) is 4.83. The molecule has 0 spiro atoms. The van der Waals surface area contributed by atoms with E-state index in [0.717, 1.165) is 24.0 Å². The van der Waals surface area contributed by atoms with E-state index in [1.165, 1.54) is 7.11 Å². The number of methoxy groups -OCH3 is 1. The third-order valence-corrected chi connectivity index (χ3v) is 5.95. The standard InChI is InChI=1S/C18H22O4/c1-17-9-6-10-18(2,16(20)21)14(17)13(15(19)22-3)11-7-4-5-8-12(11)17/h4-5,7-8,13-14H,6,9-10H2,1-3H3,(H,20,21)/t13-,14-,17-,18+/m0/s1. The van der Waals surface area contributed by atoms with E-state index >= 15 is 0 Å². The molecule has 0 aliphatic heterocycles.